The minimum Gasteiger partial charge on any atom is -0.449 e. The van der Waals surface area contributed by atoms with Crippen LogP contribution in [0.5, 0.6) is 0 Å². The Labute approximate surface area is 136 Å². The highest BCUT2D eigenvalue weighted by atomic mass is 32.1. The first-order valence-corrected chi connectivity index (χ1v) is 7.73. The standard InChI is InChI=1S/C17H22O4S/c1-5-17(4,21-15(18)10-20-12(2)3)16(19)14-8-6-13(11-22)7-9-14/h6-9,11-12H,5,10H2,1-4H3/t17-/m0/s1. The molecule has 0 aliphatic carbocycles. The van der Waals surface area contributed by atoms with Crippen molar-refractivity contribution in [3.63, 3.8) is 0 Å². The number of ether oxygens (including phenoxy) is 2. The van der Waals surface area contributed by atoms with E-state index in [-0.39, 0.29) is 18.5 Å². The van der Waals surface area contributed by atoms with E-state index in [9.17, 15) is 9.59 Å². The monoisotopic (exact) mass is 322 g/mol. The number of hydrogen-bond donors (Lipinski definition) is 0. The van der Waals surface area contributed by atoms with Crippen molar-refractivity contribution in [2.75, 3.05) is 6.61 Å². The van der Waals surface area contributed by atoms with Crippen LogP contribution in [-0.4, -0.2) is 35.4 Å². The first-order chi connectivity index (χ1) is 10.3. The molecule has 0 aliphatic rings. The number of thiocarbonyl (C=S) groups is 1. The molecule has 0 heterocycles. The van der Waals surface area contributed by atoms with Gasteiger partial charge in [-0.25, -0.2) is 4.79 Å². The Bertz CT molecular complexity index is 536. The van der Waals surface area contributed by atoms with Crippen LogP contribution in [-0.2, 0) is 14.3 Å². The van der Waals surface area contributed by atoms with Crippen molar-refractivity contribution in [2.45, 2.75) is 45.8 Å². The third kappa shape index (κ3) is 5.00. The molecule has 1 aromatic rings. The summed E-state index contributed by atoms with van der Waals surface area (Å²) in [4.78, 5) is 24.5. The van der Waals surface area contributed by atoms with Gasteiger partial charge in [-0.3, -0.25) is 4.79 Å². The van der Waals surface area contributed by atoms with Crippen LogP contribution in [0.15, 0.2) is 24.3 Å². The molecule has 0 fully saturated rings. The summed E-state index contributed by atoms with van der Waals surface area (Å²) < 4.78 is 10.6. The molecule has 1 aromatic carbocycles. The lowest BCUT2D eigenvalue weighted by atomic mass is 9.91. The fraction of sp³-hybridized carbons (Fsp3) is 0.471. The minimum atomic E-state index is -1.20. The fourth-order valence-corrected chi connectivity index (χ4v) is 1.97. The van der Waals surface area contributed by atoms with Gasteiger partial charge in [0, 0.05) is 10.9 Å². The Hall–Kier alpha value is -1.59. The highest BCUT2D eigenvalue weighted by Gasteiger charge is 2.36. The first kappa shape index (κ1) is 18.5. The molecule has 0 bridgehead atoms. The molecule has 0 saturated carbocycles. The Kier molecular flexibility index (Phi) is 6.84. The van der Waals surface area contributed by atoms with E-state index in [4.69, 9.17) is 21.7 Å². The van der Waals surface area contributed by atoms with E-state index < -0.39 is 11.6 Å². The predicted octanol–water partition coefficient (Wildman–Crippen LogP) is 3.35. The summed E-state index contributed by atoms with van der Waals surface area (Å²) in [6, 6.07) is 6.90. The van der Waals surface area contributed by atoms with Crippen LogP contribution in [0.1, 0.15) is 50.0 Å². The lowest BCUT2D eigenvalue weighted by Gasteiger charge is -2.27. The number of ketones is 1. The lowest BCUT2D eigenvalue weighted by molar-refractivity contribution is -0.161. The molecule has 0 amide bonds. The van der Waals surface area contributed by atoms with Gasteiger partial charge in [0.05, 0.1) is 6.10 Å². The lowest BCUT2D eigenvalue weighted by Crippen LogP contribution is -2.41. The summed E-state index contributed by atoms with van der Waals surface area (Å²) >= 11 is 4.84. The third-order valence-corrected chi connectivity index (χ3v) is 3.61. The maximum atomic E-state index is 12.6. The zero-order valence-corrected chi connectivity index (χ0v) is 14.2. The van der Waals surface area contributed by atoms with Gasteiger partial charge in [0.1, 0.15) is 6.61 Å². The van der Waals surface area contributed by atoms with Gasteiger partial charge in [-0.1, -0.05) is 43.4 Å². The summed E-state index contributed by atoms with van der Waals surface area (Å²) in [5, 5.41) is 1.54. The molecule has 1 rings (SSSR count). The molecule has 0 aromatic heterocycles. The van der Waals surface area contributed by atoms with Crippen LogP contribution < -0.4 is 0 Å². The van der Waals surface area contributed by atoms with Gasteiger partial charge >= 0.3 is 5.97 Å². The molecule has 0 aliphatic heterocycles. The smallest absolute Gasteiger partial charge is 0.333 e. The molecular weight excluding hydrogens is 300 g/mol. The Morgan fingerprint density at radius 1 is 1.27 bits per heavy atom. The van der Waals surface area contributed by atoms with E-state index in [0.717, 1.165) is 5.56 Å². The SMILES string of the molecule is CC[C@](C)(OC(=O)COC(C)C)C(=O)c1ccc(C=S)cc1. The number of hydrogen-bond acceptors (Lipinski definition) is 5. The molecule has 0 N–H and O–H groups in total. The van der Waals surface area contributed by atoms with Crippen molar-refractivity contribution in [1.29, 1.82) is 0 Å². The van der Waals surface area contributed by atoms with Crippen molar-refractivity contribution in [3.05, 3.63) is 35.4 Å². The van der Waals surface area contributed by atoms with Crippen molar-refractivity contribution in [1.82, 2.24) is 0 Å². The van der Waals surface area contributed by atoms with Gasteiger partial charge in [0.15, 0.2) is 5.60 Å². The van der Waals surface area contributed by atoms with Crippen molar-refractivity contribution in [3.8, 4) is 0 Å². The summed E-state index contributed by atoms with van der Waals surface area (Å²) in [5.41, 5.74) is 0.144. The normalized spacial score (nSPS) is 13.5. The highest BCUT2D eigenvalue weighted by molar-refractivity contribution is 7.79. The molecule has 0 saturated heterocycles. The topological polar surface area (TPSA) is 52.6 Å². The maximum Gasteiger partial charge on any atom is 0.333 e. The molecule has 0 unspecified atom stereocenters. The van der Waals surface area contributed by atoms with Crippen molar-refractivity contribution < 1.29 is 19.1 Å². The van der Waals surface area contributed by atoms with Gasteiger partial charge in [-0.15, -0.1) is 0 Å². The summed E-state index contributed by atoms with van der Waals surface area (Å²) in [5.74, 6) is -0.772. The van der Waals surface area contributed by atoms with E-state index >= 15 is 0 Å². The Morgan fingerprint density at radius 2 is 1.86 bits per heavy atom. The van der Waals surface area contributed by atoms with E-state index in [1.807, 2.05) is 13.8 Å². The third-order valence-electron chi connectivity index (χ3n) is 3.34. The second kappa shape index (κ2) is 8.15. The predicted molar refractivity (Wildman–Crippen MR) is 89.4 cm³/mol. The molecule has 4 nitrogen and oxygen atoms in total. The number of rotatable bonds is 8. The zero-order chi connectivity index (χ0) is 16.8. The maximum absolute atomic E-state index is 12.6. The van der Waals surface area contributed by atoms with E-state index in [1.54, 1.807) is 38.1 Å². The molecule has 120 valence electrons. The summed E-state index contributed by atoms with van der Waals surface area (Å²) in [7, 11) is 0. The quantitative estimate of drug-likeness (QED) is 0.417. The summed E-state index contributed by atoms with van der Waals surface area (Å²) in [6.45, 7) is 6.92. The van der Waals surface area contributed by atoms with Gasteiger partial charge in [-0.2, -0.15) is 0 Å². The second-order valence-electron chi connectivity index (χ2n) is 5.49. The second-order valence-corrected chi connectivity index (χ2v) is 5.72. The molecule has 22 heavy (non-hydrogen) atoms. The van der Waals surface area contributed by atoms with Crippen LogP contribution in [0.3, 0.4) is 0 Å². The van der Waals surface area contributed by atoms with E-state index in [2.05, 4.69) is 0 Å². The van der Waals surface area contributed by atoms with Crippen LogP contribution in [0.2, 0.25) is 0 Å². The number of carbonyl (C=O) groups is 2. The van der Waals surface area contributed by atoms with Crippen molar-refractivity contribution in [2.24, 2.45) is 0 Å². The number of Topliss-reactive ketones (excluding diaryl/α,β-unsaturated/α-hetero) is 1. The van der Waals surface area contributed by atoms with Crippen LogP contribution in [0.4, 0.5) is 0 Å². The van der Waals surface area contributed by atoms with Gasteiger partial charge in [0.2, 0.25) is 5.78 Å². The molecule has 1 atom stereocenters. The van der Waals surface area contributed by atoms with E-state index in [1.165, 1.54) is 5.37 Å². The molecular formula is C17H22O4S. The van der Waals surface area contributed by atoms with Gasteiger partial charge < -0.3 is 9.47 Å². The fourth-order valence-electron chi connectivity index (χ4n) is 1.81. The number of benzene rings is 1. The van der Waals surface area contributed by atoms with Crippen LogP contribution >= 0.6 is 12.2 Å². The summed E-state index contributed by atoms with van der Waals surface area (Å²) in [6.07, 6.45) is 0.312. The molecule has 0 radical (unpaired) electrons. The highest BCUT2D eigenvalue weighted by Crippen LogP contribution is 2.22. The average Bonchev–Trinajstić information content (AvgIpc) is 2.52. The number of carbonyl (C=O) groups excluding carboxylic acids is 2. The van der Waals surface area contributed by atoms with Gasteiger partial charge in [-0.05, 0) is 32.8 Å². The average molecular weight is 322 g/mol. The van der Waals surface area contributed by atoms with Gasteiger partial charge in [0.25, 0.3) is 0 Å². The molecule has 5 heteroatoms. The zero-order valence-electron chi connectivity index (χ0n) is 13.4. The largest absolute Gasteiger partial charge is 0.449 e. The first-order valence-electron chi connectivity index (χ1n) is 7.26. The minimum absolute atomic E-state index is 0.0710. The van der Waals surface area contributed by atoms with Crippen LogP contribution in [0, 0.1) is 0 Å². The Morgan fingerprint density at radius 3 is 2.32 bits per heavy atom. The number of esters is 1. The molecule has 0 spiro atoms. The Balaban J connectivity index is 2.84. The van der Waals surface area contributed by atoms with E-state index in [0.29, 0.717) is 12.0 Å². The van der Waals surface area contributed by atoms with Crippen LogP contribution in [0.25, 0.3) is 0 Å². The van der Waals surface area contributed by atoms with Crippen molar-refractivity contribution >= 4 is 29.3 Å².